The summed E-state index contributed by atoms with van der Waals surface area (Å²) in [5.74, 6) is -0.787. The van der Waals surface area contributed by atoms with Gasteiger partial charge in [-0.1, -0.05) is 26.0 Å². The molecule has 0 spiro atoms. The van der Waals surface area contributed by atoms with Crippen molar-refractivity contribution in [1.82, 2.24) is 10.6 Å². The van der Waals surface area contributed by atoms with E-state index in [1.165, 1.54) is 19.1 Å². The highest BCUT2D eigenvalue weighted by Crippen LogP contribution is 2.29. The van der Waals surface area contributed by atoms with Crippen molar-refractivity contribution in [3.8, 4) is 0 Å². The average molecular weight is 316 g/mol. The molecule has 0 radical (unpaired) electrons. The molecule has 0 aliphatic carbocycles. The molecule has 0 aliphatic rings. The van der Waals surface area contributed by atoms with Crippen molar-refractivity contribution in [2.24, 2.45) is 5.92 Å². The zero-order chi connectivity index (χ0) is 16.9. The monoisotopic (exact) mass is 316 g/mol. The maximum absolute atomic E-state index is 12.4. The lowest BCUT2D eigenvalue weighted by molar-refractivity contribution is -0.137. The minimum absolute atomic E-state index is 0.0970. The van der Waals surface area contributed by atoms with E-state index in [1.54, 1.807) is 13.8 Å². The molecule has 0 fully saturated rings. The van der Waals surface area contributed by atoms with Crippen LogP contribution in [0.3, 0.4) is 0 Å². The topological polar surface area (TPSA) is 58.2 Å². The van der Waals surface area contributed by atoms with Crippen LogP contribution in [0.2, 0.25) is 0 Å². The summed E-state index contributed by atoms with van der Waals surface area (Å²) in [6.07, 6.45) is -4.38. The van der Waals surface area contributed by atoms with Gasteiger partial charge in [-0.3, -0.25) is 9.59 Å². The Morgan fingerprint density at radius 2 is 1.68 bits per heavy atom. The molecule has 22 heavy (non-hydrogen) atoms. The third-order valence-electron chi connectivity index (χ3n) is 3.06. The summed E-state index contributed by atoms with van der Waals surface area (Å²) in [6, 6.07) is 3.88. The van der Waals surface area contributed by atoms with Gasteiger partial charge in [0.15, 0.2) is 0 Å². The van der Waals surface area contributed by atoms with Gasteiger partial charge in [0.05, 0.1) is 5.56 Å². The predicted octanol–water partition coefficient (Wildman–Crippen LogP) is 2.48. The molecule has 1 rings (SSSR count). The SMILES string of the molecule is CC(=O)N[C@H](C(=O)NCc1ccc(C(F)(F)F)cc1)C(C)C. The molecule has 0 saturated heterocycles. The summed E-state index contributed by atoms with van der Waals surface area (Å²) in [6.45, 7) is 4.99. The first kappa shape index (κ1) is 18.0. The molecule has 1 atom stereocenters. The molecule has 0 unspecified atom stereocenters. The summed E-state index contributed by atoms with van der Waals surface area (Å²) in [7, 11) is 0. The van der Waals surface area contributed by atoms with E-state index in [9.17, 15) is 22.8 Å². The lowest BCUT2D eigenvalue weighted by atomic mass is 10.0. The van der Waals surface area contributed by atoms with E-state index >= 15 is 0 Å². The predicted molar refractivity (Wildman–Crippen MR) is 75.7 cm³/mol. The Hall–Kier alpha value is -2.05. The second kappa shape index (κ2) is 7.29. The highest BCUT2D eigenvalue weighted by molar-refractivity contribution is 5.86. The molecule has 4 nitrogen and oxygen atoms in total. The Kier molecular flexibility index (Phi) is 5.96. The Labute approximate surface area is 127 Å². The molecule has 0 bridgehead atoms. The number of hydrogen-bond acceptors (Lipinski definition) is 2. The fourth-order valence-electron chi connectivity index (χ4n) is 1.86. The van der Waals surface area contributed by atoms with Crippen molar-refractivity contribution in [3.63, 3.8) is 0 Å². The van der Waals surface area contributed by atoms with E-state index in [0.717, 1.165) is 12.1 Å². The molecule has 2 amide bonds. The summed E-state index contributed by atoms with van der Waals surface area (Å²) in [4.78, 5) is 23.1. The van der Waals surface area contributed by atoms with Crippen molar-refractivity contribution in [2.75, 3.05) is 0 Å². The molecule has 2 N–H and O–H groups in total. The number of carbonyl (C=O) groups excluding carboxylic acids is 2. The van der Waals surface area contributed by atoms with Crippen LogP contribution in [-0.4, -0.2) is 17.9 Å². The Morgan fingerprint density at radius 3 is 2.09 bits per heavy atom. The summed E-state index contributed by atoms with van der Waals surface area (Å²) in [5, 5.41) is 5.15. The van der Waals surface area contributed by atoms with Crippen molar-refractivity contribution in [3.05, 3.63) is 35.4 Å². The van der Waals surface area contributed by atoms with E-state index in [0.29, 0.717) is 5.56 Å². The van der Waals surface area contributed by atoms with Crippen molar-refractivity contribution in [2.45, 2.75) is 39.5 Å². The first-order chi connectivity index (χ1) is 10.1. The molecular weight excluding hydrogens is 297 g/mol. The molecule has 7 heteroatoms. The van der Waals surface area contributed by atoms with Gasteiger partial charge in [0, 0.05) is 13.5 Å². The van der Waals surface area contributed by atoms with Crippen LogP contribution in [-0.2, 0) is 22.3 Å². The fourth-order valence-corrected chi connectivity index (χ4v) is 1.86. The number of halogens is 3. The highest BCUT2D eigenvalue weighted by atomic mass is 19.4. The van der Waals surface area contributed by atoms with Gasteiger partial charge >= 0.3 is 6.18 Å². The van der Waals surface area contributed by atoms with Gasteiger partial charge < -0.3 is 10.6 Å². The lowest BCUT2D eigenvalue weighted by Crippen LogP contribution is -2.48. The zero-order valence-electron chi connectivity index (χ0n) is 12.6. The molecule has 0 aromatic heterocycles. The van der Waals surface area contributed by atoms with Gasteiger partial charge in [-0.05, 0) is 23.6 Å². The van der Waals surface area contributed by atoms with Crippen LogP contribution in [0.15, 0.2) is 24.3 Å². The number of alkyl halides is 3. The van der Waals surface area contributed by atoms with E-state index in [-0.39, 0.29) is 24.3 Å². The summed E-state index contributed by atoms with van der Waals surface area (Å²) >= 11 is 0. The molecule has 0 aliphatic heterocycles. The molecule has 1 aromatic rings. The van der Waals surface area contributed by atoms with Crippen LogP contribution >= 0.6 is 0 Å². The quantitative estimate of drug-likeness (QED) is 0.877. The van der Waals surface area contributed by atoms with Crippen molar-refractivity contribution < 1.29 is 22.8 Å². The number of hydrogen-bond donors (Lipinski definition) is 2. The smallest absolute Gasteiger partial charge is 0.350 e. The zero-order valence-corrected chi connectivity index (χ0v) is 12.6. The number of carbonyl (C=O) groups is 2. The maximum atomic E-state index is 12.4. The Bertz CT molecular complexity index is 525. The highest BCUT2D eigenvalue weighted by Gasteiger charge is 2.30. The van der Waals surface area contributed by atoms with Gasteiger partial charge in [-0.15, -0.1) is 0 Å². The number of rotatable bonds is 5. The summed E-state index contributed by atoms with van der Waals surface area (Å²) < 4.78 is 37.3. The third-order valence-corrected chi connectivity index (χ3v) is 3.06. The van der Waals surface area contributed by atoms with Gasteiger partial charge in [0.25, 0.3) is 0 Å². The molecular formula is C15H19F3N2O2. The molecule has 0 heterocycles. The molecule has 122 valence electrons. The van der Waals surface area contributed by atoms with Gasteiger partial charge in [0.2, 0.25) is 11.8 Å². The Morgan fingerprint density at radius 1 is 1.14 bits per heavy atom. The molecule has 0 saturated carbocycles. The minimum atomic E-state index is -4.38. The van der Waals surface area contributed by atoms with Gasteiger partial charge in [-0.25, -0.2) is 0 Å². The number of amides is 2. The van der Waals surface area contributed by atoms with Crippen LogP contribution in [0, 0.1) is 5.92 Å². The standard InChI is InChI=1S/C15H19F3N2O2/c1-9(2)13(20-10(3)21)14(22)19-8-11-4-6-12(7-5-11)15(16,17)18/h4-7,9,13H,8H2,1-3H3,(H,19,22)(H,20,21)/t13-/m0/s1. The lowest BCUT2D eigenvalue weighted by Gasteiger charge is -2.21. The minimum Gasteiger partial charge on any atom is -0.350 e. The fraction of sp³-hybridized carbons (Fsp3) is 0.467. The largest absolute Gasteiger partial charge is 0.416 e. The van der Waals surface area contributed by atoms with Crippen LogP contribution in [0.4, 0.5) is 13.2 Å². The average Bonchev–Trinajstić information content (AvgIpc) is 2.41. The number of nitrogens with one attached hydrogen (secondary N) is 2. The third kappa shape index (κ3) is 5.38. The first-order valence-electron chi connectivity index (χ1n) is 6.82. The van der Waals surface area contributed by atoms with Crippen LogP contribution in [0.25, 0.3) is 0 Å². The van der Waals surface area contributed by atoms with E-state index < -0.39 is 17.8 Å². The van der Waals surface area contributed by atoms with Crippen LogP contribution < -0.4 is 10.6 Å². The summed E-state index contributed by atoms with van der Waals surface area (Å²) in [5.41, 5.74) is -0.187. The number of benzene rings is 1. The normalized spacial score (nSPS) is 12.9. The van der Waals surface area contributed by atoms with E-state index in [1.807, 2.05) is 0 Å². The van der Waals surface area contributed by atoms with Crippen LogP contribution in [0.1, 0.15) is 31.9 Å². The van der Waals surface area contributed by atoms with Crippen molar-refractivity contribution >= 4 is 11.8 Å². The van der Waals surface area contributed by atoms with Gasteiger partial charge in [0.1, 0.15) is 6.04 Å². The first-order valence-corrected chi connectivity index (χ1v) is 6.82. The Balaban J connectivity index is 2.64. The van der Waals surface area contributed by atoms with E-state index in [4.69, 9.17) is 0 Å². The van der Waals surface area contributed by atoms with Crippen molar-refractivity contribution in [1.29, 1.82) is 0 Å². The molecule has 1 aromatic carbocycles. The maximum Gasteiger partial charge on any atom is 0.416 e. The van der Waals surface area contributed by atoms with Gasteiger partial charge in [-0.2, -0.15) is 13.2 Å². The van der Waals surface area contributed by atoms with Crippen LogP contribution in [0.5, 0.6) is 0 Å². The van der Waals surface area contributed by atoms with E-state index in [2.05, 4.69) is 10.6 Å². The second-order valence-corrected chi connectivity index (χ2v) is 5.33. The second-order valence-electron chi connectivity index (χ2n) is 5.33.